The highest BCUT2D eigenvalue weighted by atomic mass is 16.5. The first-order valence-corrected chi connectivity index (χ1v) is 6.68. The van der Waals surface area contributed by atoms with E-state index in [0.717, 1.165) is 19.3 Å². The van der Waals surface area contributed by atoms with Gasteiger partial charge in [0.25, 0.3) is 0 Å². The molecule has 1 N–H and O–H groups in total. The van der Waals surface area contributed by atoms with Crippen molar-refractivity contribution in [2.75, 3.05) is 32.9 Å². The molecule has 1 rings (SSSR count). The first-order valence-electron chi connectivity index (χ1n) is 6.68. The number of carbonyl (C=O) groups is 1. The monoisotopic (exact) mass is 243 g/mol. The quantitative estimate of drug-likeness (QED) is 0.693. The Labute approximate surface area is 104 Å². The molecule has 1 aliphatic rings. The number of Topliss-reactive ketones (excluding diaryl/α,β-unsaturated/α-hetero) is 1. The molecule has 0 aliphatic carbocycles. The summed E-state index contributed by atoms with van der Waals surface area (Å²) in [5.41, 5.74) is 0. The Morgan fingerprint density at radius 3 is 2.65 bits per heavy atom. The first kappa shape index (κ1) is 14.6. The highest BCUT2D eigenvalue weighted by molar-refractivity contribution is 5.83. The molecule has 1 unspecified atom stereocenters. The zero-order chi connectivity index (χ0) is 12.7. The zero-order valence-corrected chi connectivity index (χ0v) is 11.0. The van der Waals surface area contributed by atoms with Crippen molar-refractivity contribution < 1.29 is 14.6 Å². The molecule has 4 heteroatoms. The number of ketones is 1. The van der Waals surface area contributed by atoms with Gasteiger partial charge in [0, 0.05) is 25.1 Å². The Morgan fingerprint density at radius 2 is 2.18 bits per heavy atom. The third kappa shape index (κ3) is 4.37. The van der Waals surface area contributed by atoms with Crippen molar-refractivity contribution in [3.05, 3.63) is 0 Å². The van der Waals surface area contributed by atoms with Gasteiger partial charge in [-0.3, -0.25) is 9.69 Å². The molecule has 100 valence electrons. The fraction of sp³-hybridized carbons (Fsp3) is 0.923. The van der Waals surface area contributed by atoms with Crippen LogP contribution in [0.5, 0.6) is 0 Å². The van der Waals surface area contributed by atoms with Gasteiger partial charge in [-0.05, 0) is 19.3 Å². The van der Waals surface area contributed by atoms with E-state index in [9.17, 15) is 4.79 Å². The number of carbonyl (C=O) groups excluding carboxylic acids is 1. The van der Waals surface area contributed by atoms with Gasteiger partial charge in [0.2, 0.25) is 0 Å². The second-order valence-corrected chi connectivity index (χ2v) is 4.69. The molecule has 0 bridgehead atoms. The molecule has 0 spiro atoms. The van der Waals surface area contributed by atoms with Crippen molar-refractivity contribution in [2.24, 2.45) is 5.92 Å². The molecular formula is C13H25NO3. The van der Waals surface area contributed by atoms with Gasteiger partial charge in [-0.2, -0.15) is 0 Å². The minimum Gasteiger partial charge on any atom is -0.395 e. The van der Waals surface area contributed by atoms with E-state index in [4.69, 9.17) is 9.84 Å². The van der Waals surface area contributed by atoms with Gasteiger partial charge in [0.15, 0.2) is 5.78 Å². The fourth-order valence-corrected chi connectivity index (χ4v) is 2.44. The van der Waals surface area contributed by atoms with Gasteiger partial charge in [0.05, 0.1) is 19.8 Å². The lowest BCUT2D eigenvalue weighted by atomic mass is 10.0. The highest BCUT2D eigenvalue weighted by Gasteiger charge is 2.26. The van der Waals surface area contributed by atoms with Crippen molar-refractivity contribution in [1.29, 1.82) is 0 Å². The van der Waals surface area contributed by atoms with Crippen LogP contribution in [0.4, 0.5) is 0 Å². The first-order chi connectivity index (χ1) is 8.22. The number of hydrogen-bond acceptors (Lipinski definition) is 4. The minimum absolute atomic E-state index is 0.0746. The van der Waals surface area contributed by atoms with Crippen molar-refractivity contribution in [3.8, 4) is 0 Å². The van der Waals surface area contributed by atoms with Crippen LogP contribution in [0.2, 0.25) is 0 Å². The molecular weight excluding hydrogens is 218 g/mol. The fourth-order valence-electron chi connectivity index (χ4n) is 2.44. The Kier molecular flexibility index (Phi) is 6.70. The van der Waals surface area contributed by atoms with Gasteiger partial charge in [-0.25, -0.2) is 0 Å². The average molecular weight is 243 g/mol. The van der Waals surface area contributed by atoms with Crippen molar-refractivity contribution in [2.45, 2.75) is 39.2 Å². The lowest BCUT2D eigenvalue weighted by molar-refractivity contribution is -0.124. The molecule has 0 aromatic heterocycles. The topological polar surface area (TPSA) is 49.8 Å². The SMILES string of the molecule is CCC(CC)N(CCO)CC(=O)C1CCOC1. The van der Waals surface area contributed by atoms with Crippen LogP contribution in [0, 0.1) is 5.92 Å². The van der Waals surface area contributed by atoms with E-state index in [1.165, 1.54) is 0 Å². The predicted molar refractivity (Wildman–Crippen MR) is 67.0 cm³/mol. The molecule has 4 nitrogen and oxygen atoms in total. The van der Waals surface area contributed by atoms with Crippen molar-refractivity contribution in [3.63, 3.8) is 0 Å². The van der Waals surface area contributed by atoms with Crippen LogP contribution in [-0.4, -0.2) is 54.7 Å². The van der Waals surface area contributed by atoms with Crippen molar-refractivity contribution in [1.82, 2.24) is 4.90 Å². The maximum atomic E-state index is 12.1. The van der Waals surface area contributed by atoms with Crippen LogP contribution in [0.1, 0.15) is 33.1 Å². The summed E-state index contributed by atoms with van der Waals surface area (Å²) in [7, 11) is 0. The summed E-state index contributed by atoms with van der Waals surface area (Å²) in [6.07, 6.45) is 2.89. The third-order valence-corrected chi connectivity index (χ3v) is 3.59. The lowest BCUT2D eigenvalue weighted by Gasteiger charge is -2.29. The Hall–Kier alpha value is -0.450. The van der Waals surface area contributed by atoms with E-state index in [-0.39, 0.29) is 18.3 Å². The van der Waals surface area contributed by atoms with Crippen molar-refractivity contribution >= 4 is 5.78 Å². The second-order valence-electron chi connectivity index (χ2n) is 4.69. The van der Waals surface area contributed by atoms with E-state index >= 15 is 0 Å². The number of rotatable bonds is 8. The standard InChI is InChI=1S/C13H25NO3/c1-3-12(4-2)14(6-7-15)9-13(16)11-5-8-17-10-11/h11-12,15H,3-10H2,1-2H3. The van der Waals surface area contributed by atoms with Crippen LogP contribution < -0.4 is 0 Å². The summed E-state index contributed by atoms with van der Waals surface area (Å²) in [6.45, 7) is 6.71. The largest absolute Gasteiger partial charge is 0.395 e. The van der Waals surface area contributed by atoms with E-state index in [2.05, 4.69) is 18.7 Å². The normalized spacial score (nSPS) is 20.4. The summed E-state index contributed by atoms with van der Waals surface area (Å²) in [5, 5.41) is 9.08. The molecule has 0 radical (unpaired) electrons. The van der Waals surface area contributed by atoms with E-state index in [1.807, 2.05) is 0 Å². The smallest absolute Gasteiger partial charge is 0.152 e. The summed E-state index contributed by atoms with van der Waals surface area (Å²) in [5.74, 6) is 0.341. The van der Waals surface area contributed by atoms with Gasteiger partial charge in [-0.1, -0.05) is 13.8 Å². The summed E-state index contributed by atoms with van der Waals surface area (Å²) in [6, 6.07) is 0.397. The summed E-state index contributed by atoms with van der Waals surface area (Å²) < 4.78 is 5.24. The Morgan fingerprint density at radius 1 is 1.47 bits per heavy atom. The van der Waals surface area contributed by atoms with E-state index in [0.29, 0.717) is 32.3 Å². The lowest BCUT2D eigenvalue weighted by Crippen LogP contribution is -2.42. The number of hydrogen-bond donors (Lipinski definition) is 1. The number of aliphatic hydroxyl groups is 1. The van der Waals surface area contributed by atoms with Gasteiger partial charge in [-0.15, -0.1) is 0 Å². The Balaban J connectivity index is 2.49. The number of nitrogens with zero attached hydrogens (tertiary/aromatic N) is 1. The van der Waals surface area contributed by atoms with Gasteiger partial charge in [0.1, 0.15) is 0 Å². The van der Waals surface area contributed by atoms with Gasteiger partial charge >= 0.3 is 0 Å². The van der Waals surface area contributed by atoms with E-state index < -0.39 is 0 Å². The summed E-state index contributed by atoms with van der Waals surface area (Å²) in [4.78, 5) is 14.2. The molecule has 1 atom stereocenters. The average Bonchev–Trinajstić information content (AvgIpc) is 2.84. The second kappa shape index (κ2) is 7.80. The van der Waals surface area contributed by atoms with Crippen LogP contribution >= 0.6 is 0 Å². The molecule has 1 saturated heterocycles. The molecule has 17 heavy (non-hydrogen) atoms. The van der Waals surface area contributed by atoms with Crippen LogP contribution in [0.25, 0.3) is 0 Å². The molecule has 1 heterocycles. The Bertz CT molecular complexity index is 223. The minimum atomic E-state index is 0.0746. The maximum Gasteiger partial charge on any atom is 0.152 e. The number of ether oxygens (including phenoxy) is 1. The van der Waals surface area contributed by atoms with E-state index in [1.54, 1.807) is 0 Å². The van der Waals surface area contributed by atoms with Crippen LogP contribution in [-0.2, 0) is 9.53 Å². The molecule has 0 aromatic rings. The van der Waals surface area contributed by atoms with Crippen LogP contribution in [0.3, 0.4) is 0 Å². The maximum absolute atomic E-state index is 12.1. The van der Waals surface area contributed by atoms with Gasteiger partial charge < -0.3 is 9.84 Å². The zero-order valence-electron chi connectivity index (χ0n) is 11.0. The van der Waals surface area contributed by atoms with Crippen LogP contribution in [0.15, 0.2) is 0 Å². The molecule has 0 aromatic carbocycles. The molecule has 1 fully saturated rings. The molecule has 0 amide bonds. The predicted octanol–water partition coefficient (Wildman–Crippen LogP) is 1.07. The highest BCUT2D eigenvalue weighted by Crippen LogP contribution is 2.16. The summed E-state index contributed by atoms with van der Waals surface area (Å²) >= 11 is 0. The molecule has 0 saturated carbocycles. The third-order valence-electron chi connectivity index (χ3n) is 3.59. The number of aliphatic hydroxyl groups excluding tert-OH is 1. The molecule has 1 aliphatic heterocycles.